The number of aliphatic hydroxyl groups is 1. The molecule has 0 aromatic heterocycles. The van der Waals surface area contributed by atoms with Gasteiger partial charge in [0.15, 0.2) is 0 Å². The maximum Gasteiger partial charge on any atom is 0.235 e. The van der Waals surface area contributed by atoms with Crippen molar-refractivity contribution in [3.8, 4) is 0 Å². The SMILES string of the molecule is CC(C)(CO)CN1CCC(=O)N1. The third kappa shape index (κ3) is 2.46. The number of carbonyl (C=O) groups excluding carboxylic acids is 1. The minimum Gasteiger partial charge on any atom is -0.396 e. The molecule has 1 heterocycles. The molecule has 0 aromatic rings. The lowest BCUT2D eigenvalue weighted by molar-refractivity contribution is -0.121. The van der Waals surface area contributed by atoms with Crippen molar-refractivity contribution in [3.63, 3.8) is 0 Å². The van der Waals surface area contributed by atoms with Gasteiger partial charge in [0.05, 0.1) is 0 Å². The van der Waals surface area contributed by atoms with Crippen molar-refractivity contribution in [2.75, 3.05) is 19.7 Å². The van der Waals surface area contributed by atoms with Gasteiger partial charge in [0.1, 0.15) is 0 Å². The first-order valence-electron chi connectivity index (χ1n) is 4.19. The van der Waals surface area contributed by atoms with Crippen LogP contribution in [0.1, 0.15) is 20.3 Å². The van der Waals surface area contributed by atoms with E-state index >= 15 is 0 Å². The Morgan fingerprint density at radius 3 is 2.75 bits per heavy atom. The number of aliphatic hydroxyl groups excluding tert-OH is 1. The van der Waals surface area contributed by atoms with E-state index in [1.165, 1.54) is 0 Å². The summed E-state index contributed by atoms with van der Waals surface area (Å²) in [7, 11) is 0. The highest BCUT2D eigenvalue weighted by Crippen LogP contribution is 2.16. The van der Waals surface area contributed by atoms with E-state index in [9.17, 15) is 4.79 Å². The molecule has 0 spiro atoms. The number of hydrogen-bond acceptors (Lipinski definition) is 3. The van der Waals surface area contributed by atoms with E-state index in [1.54, 1.807) is 0 Å². The van der Waals surface area contributed by atoms with Gasteiger partial charge < -0.3 is 5.11 Å². The Labute approximate surface area is 72.5 Å². The highest BCUT2D eigenvalue weighted by atomic mass is 16.3. The van der Waals surface area contributed by atoms with E-state index in [0.717, 1.165) is 6.54 Å². The summed E-state index contributed by atoms with van der Waals surface area (Å²) in [5.41, 5.74) is 2.59. The number of nitrogens with zero attached hydrogens (tertiary/aromatic N) is 1. The van der Waals surface area contributed by atoms with Crippen LogP contribution in [0.25, 0.3) is 0 Å². The molecule has 1 aliphatic rings. The Morgan fingerprint density at radius 2 is 2.33 bits per heavy atom. The first-order valence-corrected chi connectivity index (χ1v) is 4.19. The average molecular weight is 172 g/mol. The van der Waals surface area contributed by atoms with Crippen LogP contribution in [0.15, 0.2) is 0 Å². The minimum atomic E-state index is -0.141. The molecule has 0 bridgehead atoms. The lowest BCUT2D eigenvalue weighted by Crippen LogP contribution is -2.41. The maximum absolute atomic E-state index is 10.8. The third-order valence-corrected chi connectivity index (χ3v) is 1.94. The van der Waals surface area contributed by atoms with Crippen LogP contribution < -0.4 is 5.43 Å². The van der Waals surface area contributed by atoms with Gasteiger partial charge in [-0.15, -0.1) is 0 Å². The van der Waals surface area contributed by atoms with Crippen LogP contribution >= 0.6 is 0 Å². The Hall–Kier alpha value is -0.610. The van der Waals surface area contributed by atoms with Crippen molar-refractivity contribution in [1.29, 1.82) is 0 Å². The van der Waals surface area contributed by atoms with Crippen LogP contribution in [0, 0.1) is 5.41 Å². The van der Waals surface area contributed by atoms with Crippen molar-refractivity contribution in [1.82, 2.24) is 10.4 Å². The lowest BCUT2D eigenvalue weighted by Gasteiger charge is -2.27. The second kappa shape index (κ2) is 3.41. The largest absolute Gasteiger partial charge is 0.396 e. The summed E-state index contributed by atoms with van der Waals surface area (Å²) < 4.78 is 0. The predicted molar refractivity (Wildman–Crippen MR) is 45.2 cm³/mol. The normalized spacial score (nSPS) is 19.8. The zero-order chi connectivity index (χ0) is 9.19. The van der Waals surface area contributed by atoms with E-state index in [-0.39, 0.29) is 17.9 Å². The van der Waals surface area contributed by atoms with Gasteiger partial charge in [0, 0.05) is 31.5 Å². The van der Waals surface area contributed by atoms with Crippen molar-refractivity contribution in [3.05, 3.63) is 0 Å². The summed E-state index contributed by atoms with van der Waals surface area (Å²) in [6.45, 7) is 5.53. The fourth-order valence-corrected chi connectivity index (χ4v) is 1.21. The number of amides is 1. The predicted octanol–water partition coefficient (Wildman–Crippen LogP) is -0.258. The van der Waals surface area contributed by atoms with Gasteiger partial charge in [0.25, 0.3) is 0 Å². The van der Waals surface area contributed by atoms with Crippen LogP contribution in [0.3, 0.4) is 0 Å². The molecule has 0 saturated carbocycles. The van der Waals surface area contributed by atoms with Crippen molar-refractivity contribution in [2.24, 2.45) is 5.41 Å². The second-order valence-corrected chi connectivity index (χ2v) is 4.03. The third-order valence-electron chi connectivity index (χ3n) is 1.94. The molecule has 0 unspecified atom stereocenters. The summed E-state index contributed by atoms with van der Waals surface area (Å²) >= 11 is 0. The highest BCUT2D eigenvalue weighted by molar-refractivity contribution is 5.77. The summed E-state index contributed by atoms with van der Waals surface area (Å²) in [5, 5.41) is 10.8. The molecule has 0 radical (unpaired) electrons. The molecular formula is C8H16N2O2. The van der Waals surface area contributed by atoms with Crippen molar-refractivity contribution < 1.29 is 9.90 Å². The molecule has 1 aliphatic heterocycles. The van der Waals surface area contributed by atoms with Crippen molar-refractivity contribution in [2.45, 2.75) is 20.3 Å². The van der Waals surface area contributed by atoms with Crippen LogP contribution in [0.5, 0.6) is 0 Å². The molecule has 1 rings (SSSR count). The van der Waals surface area contributed by atoms with E-state index in [0.29, 0.717) is 13.0 Å². The molecule has 0 aromatic carbocycles. The molecule has 1 amide bonds. The maximum atomic E-state index is 10.8. The van der Waals surface area contributed by atoms with Gasteiger partial charge in [-0.2, -0.15) is 0 Å². The number of carbonyl (C=O) groups is 1. The first-order chi connectivity index (χ1) is 5.53. The van der Waals surface area contributed by atoms with Crippen LogP contribution in [0.4, 0.5) is 0 Å². The molecular weight excluding hydrogens is 156 g/mol. The number of hydrazine groups is 1. The quantitative estimate of drug-likeness (QED) is 0.617. The lowest BCUT2D eigenvalue weighted by atomic mass is 9.95. The van der Waals surface area contributed by atoms with Gasteiger partial charge in [-0.05, 0) is 0 Å². The molecule has 0 atom stereocenters. The van der Waals surface area contributed by atoms with Crippen LogP contribution in [-0.4, -0.2) is 35.7 Å². The average Bonchev–Trinajstić information content (AvgIpc) is 2.35. The Morgan fingerprint density at radius 1 is 1.67 bits per heavy atom. The van der Waals surface area contributed by atoms with E-state index in [4.69, 9.17) is 5.11 Å². The van der Waals surface area contributed by atoms with Crippen molar-refractivity contribution >= 4 is 5.91 Å². The topological polar surface area (TPSA) is 52.6 Å². The number of nitrogens with one attached hydrogen (secondary N) is 1. The molecule has 4 nitrogen and oxygen atoms in total. The van der Waals surface area contributed by atoms with E-state index in [1.807, 2.05) is 18.9 Å². The summed E-state index contributed by atoms with van der Waals surface area (Å²) in [6.07, 6.45) is 0.571. The standard InChI is InChI=1S/C8H16N2O2/c1-8(2,6-11)5-10-4-3-7(12)9-10/h11H,3-6H2,1-2H3,(H,9,12). The van der Waals surface area contributed by atoms with E-state index in [2.05, 4.69) is 5.43 Å². The Balaban J connectivity index is 2.36. The van der Waals surface area contributed by atoms with Crippen LogP contribution in [-0.2, 0) is 4.79 Å². The second-order valence-electron chi connectivity index (χ2n) is 4.03. The molecule has 4 heteroatoms. The number of hydrogen-bond donors (Lipinski definition) is 2. The molecule has 1 saturated heterocycles. The molecule has 12 heavy (non-hydrogen) atoms. The molecule has 1 fully saturated rings. The zero-order valence-corrected chi connectivity index (χ0v) is 7.63. The zero-order valence-electron chi connectivity index (χ0n) is 7.63. The van der Waals surface area contributed by atoms with Gasteiger partial charge in [0.2, 0.25) is 5.91 Å². The van der Waals surface area contributed by atoms with E-state index < -0.39 is 0 Å². The fraction of sp³-hybridized carbons (Fsp3) is 0.875. The fourth-order valence-electron chi connectivity index (χ4n) is 1.21. The summed E-state index contributed by atoms with van der Waals surface area (Å²) in [4.78, 5) is 10.8. The Kier molecular flexibility index (Phi) is 2.69. The highest BCUT2D eigenvalue weighted by Gasteiger charge is 2.25. The summed E-state index contributed by atoms with van der Waals surface area (Å²) in [6, 6.07) is 0. The molecule has 2 N–H and O–H groups in total. The minimum absolute atomic E-state index is 0.0729. The molecule has 0 aliphatic carbocycles. The smallest absolute Gasteiger partial charge is 0.235 e. The van der Waals surface area contributed by atoms with Gasteiger partial charge in [-0.3, -0.25) is 10.2 Å². The first kappa shape index (κ1) is 9.48. The Bertz CT molecular complexity index is 180. The summed E-state index contributed by atoms with van der Waals surface area (Å²) in [5.74, 6) is 0.0729. The molecule has 70 valence electrons. The van der Waals surface area contributed by atoms with Gasteiger partial charge in [-0.25, -0.2) is 5.01 Å². The van der Waals surface area contributed by atoms with Gasteiger partial charge in [-0.1, -0.05) is 13.8 Å². The van der Waals surface area contributed by atoms with Gasteiger partial charge >= 0.3 is 0 Å². The number of rotatable bonds is 3. The monoisotopic (exact) mass is 172 g/mol. The van der Waals surface area contributed by atoms with Crippen LogP contribution in [0.2, 0.25) is 0 Å².